The molecule has 3 aromatic heterocycles. The van der Waals surface area contributed by atoms with Crippen molar-refractivity contribution in [1.82, 2.24) is 19.9 Å². The zero-order valence-electron chi connectivity index (χ0n) is 15.1. The molecule has 0 unspecified atom stereocenters. The molecule has 1 aromatic carbocycles. The number of hydrogen-bond acceptors (Lipinski definition) is 9. The molecule has 0 amide bonds. The molecule has 3 heterocycles. The number of nitrogens with zero attached hydrogens (tertiary/aromatic N) is 4. The number of anilines is 3. The van der Waals surface area contributed by atoms with Crippen LogP contribution in [0.1, 0.15) is 12.7 Å². The number of ether oxygens (including phenoxy) is 1. The van der Waals surface area contributed by atoms with Crippen molar-refractivity contribution >= 4 is 28.4 Å². The molecule has 4 aromatic rings. The molecule has 0 fully saturated rings. The number of rotatable bonds is 8. The number of hydrogen-bond donors (Lipinski definition) is 2. The van der Waals surface area contributed by atoms with Gasteiger partial charge in [-0.25, -0.2) is 4.98 Å². The van der Waals surface area contributed by atoms with Gasteiger partial charge in [0.25, 0.3) is 0 Å². The molecule has 0 bridgehead atoms. The van der Waals surface area contributed by atoms with Crippen molar-refractivity contribution in [1.29, 1.82) is 0 Å². The van der Waals surface area contributed by atoms with Crippen LogP contribution in [-0.2, 0) is 6.54 Å². The second kappa shape index (κ2) is 8.49. The summed E-state index contributed by atoms with van der Waals surface area (Å²) >= 11 is 1.48. The topological polar surface area (TPSA) is 98.0 Å². The normalized spacial score (nSPS) is 10.6. The molecule has 0 radical (unpaired) electrons. The molecule has 4 rings (SSSR count). The van der Waals surface area contributed by atoms with Crippen LogP contribution in [0, 0.1) is 0 Å². The van der Waals surface area contributed by atoms with E-state index in [0.717, 1.165) is 17.0 Å². The van der Waals surface area contributed by atoms with Gasteiger partial charge >= 0.3 is 6.01 Å². The van der Waals surface area contributed by atoms with Gasteiger partial charge in [0.1, 0.15) is 5.76 Å². The summed E-state index contributed by atoms with van der Waals surface area (Å²) in [5.74, 6) is 1.52. The fourth-order valence-electron chi connectivity index (χ4n) is 2.43. The lowest BCUT2D eigenvalue weighted by atomic mass is 10.2. The Morgan fingerprint density at radius 2 is 1.86 bits per heavy atom. The summed E-state index contributed by atoms with van der Waals surface area (Å²) in [6.45, 7) is 2.79. The number of furan rings is 1. The standard InChI is InChI=1S/C19H18N6O2S/c1-2-26-18-23-16(20-11-14-9-6-10-27-14)22-17(24-18)25-19-21-15(12-28-19)13-7-4-3-5-8-13/h3-10,12H,2,11H2,1H3,(H2,20,21,22,23,24,25). The second-order valence-electron chi connectivity index (χ2n) is 5.66. The summed E-state index contributed by atoms with van der Waals surface area (Å²) < 4.78 is 10.8. The first-order chi connectivity index (χ1) is 13.8. The summed E-state index contributed by atoms with van der Waals surface area (Å²) in [6.07, 6.45) is 1.62. The Hall–Kier alpha value is -3.46. The third-order valence-corrected chi connectivity index (χ3v) is 4.44. The Labute approximate surface area is 165 Å². The minimum atomic E-state index is 0.238. The third-order valence-electron chi connectivity index (χ3n) is 3.68. The monoisotopic (exact) mass is 394 g/mol. The van der Waals surface area contributed by atoms with Gasteiger partial charge in [0.15, 0.2) is 5.13 Å². The molecule has 0 spiro atoms. The summed E-state index contributed by atoms with van der Waals surface area (Å²) in [6, 6.07) is 13.9. The van der Waals surface area contributed by atoms with Gasteiger partial charge in [-0.15, -0.1) is 11.3 Å². The van der Waals surface area contributed by atoms with Crippen LogP contribution in [0.4, 0.5) is 17.0 Å². The Morgan fingerprint density at radius 3 is 2.64 bits per heavy atom. The van der Waals surface area contributed by atoms with Crippen LogP contribution in [0.15, 0.2) is 58.5 Å². The van der Waals surface area contributed by atoms with Crippen LogP contribution >= 0.6 is 11.3 Å². The predicted octanol–water partition coefficient (Wildman–Crippen LogP) is 4.34. The van der Waals surface area contributed by atoms with E-state index in [0.29, 0.717) is 30.2 Å². The van der Waals surface area contributed by atoms with E-state index in [1.165, 1.54) is 11.3 Å². The third kappa shape index (κ3) is 4.44. The van der Waals surface area contributed by atoms with Crippen molar-refractivity contribution in [2.75, 3.05) is 17.2 Å². The van der Waals surface area contributed by atoms with Crippen molar-refractivity contribution in [2.45, 2.75) is 13.5 Å². The molecule has 0 saturated carbocycles. The summed E-state index contributed by atoms with van der Waals surface area (Å²) in [7, 11) is 0. The largest absolute Gasteiger partial charge is 0.467 e. The van der Waals surface area contributed by atoms with E-state index in [-0.39, 0.29) is 6.01 Å². The number of benzene rings is 1. The number of aromatic nitrogens is 4. The zero-order valence-corrected chi connectivity index (χ0v) is 15.9. The average Bonchev–Trinajstić information content (AvgIpc) is 3.39. The Morgan fingerprint density at radius 1 is 1.00 bits per heavy atom. The van der Waals surface area contributed by atoms with Gasteiger partial charge in [-0.3, -0.25) is 5.32 Å². The van der Waals surface area contributed by atoms with Crippen LogP contribution in [0.3, 0.4) is 0 Å². The van der Waals surface area contributed by atoms with Crippen molar-refractivity contribution in [3.63, 3.8) is 0 Å². The Kier molecular flexibility index (Phi) is 5.43. The van der Waals surface area contributed by atoms with Gasteiger partial charge in [-0.05, 0) is 19.1 Å². The van der Waals surface area contributed by atoms with Crippen LogP contribution in [0.2, 0.25) is 0 Å². The fourth-order valence-corrected chi connectivity index (χ4v) is 3.15. The molecule has 142 valence electrons. The van der Waals surface area contributed by atoms with Crippen molar-refractivity contribution in [3.8, 4) is 17.3 Å². The van der Waals surface area contributed by atoms with Crippen molar-refractivity contribution in [3.05, 3.63) is 59.9 Å². The van der Waals surface area contributed by atoms with E-state index < -0.39 is 0 Å². The highest BCUT2D eigenvalue weighted by molar-refractivity contribution is 7.14. The van der Waals surface area contributed by atoms with E-state index in [9.17, 15) is 0 Å². The van der Waals surface area contributed by atoms with Gasteiger partial charge in [-0.1, -0.05) is 30.3 Å². The average molecular weight is 394 g/mol. The highest BCUT2D eigenvalue weighted by atomic mass is 32.1. The Bertz CT molecular complexity index is 1020. The minimum Gasteiger partial charge on any atom is -0.467 e. The highest BCUT2D eigenvalue weighted by Gasteiger charge is 2.11. The molecule has 0 saturated heterocycles. The summed E-state index contributed by atoms with van der Waals surface area (Å²) in [5, 5.41) is 8.91. The first-order valence-corrected chi connectivity index (χ1v) is 9.61. The molecule has 0 aliphatic carbocycles. The van der Waals surface area contributed by atoms with Crippen molar-refractivity contribution < 1.29 is 9.15 Å². The molecule has 8 nitrogen and oxygen atoms in total. The molecule has 0 aliphatic rings. The van der Waals surface area contributed by atoms with Crippen LogP contribution in [0.25, 0.3) is 11.3 Å². The summed E-state index contributed by atoms with van der Waals surface area (Å²) in [5.41, 5.74) is 1.95. The van der Waals surface area contributed by atoms with Crippen LogP contribution in [-0.4, -0.2) is 26.5 Å². The second-order valence-corrected chi connectivity index (χ2v) is 6.52. The molecule has 9 heteroatoms. The van der Waals surface area contributed by atoms with E-state index in [1.54, 1.807) is 6.26 Å². The SMILES string of the molecule is CCOc1nc(NCc2ccco2)nc(Nc2nc(-c3ccccc3)cs2)n1. The fraction of sp³-hybridized carbons (Fsp3) is 0.158. The predicted molar refractivity (Wildman–Crippen MR) is 108 cm³/mol. The first kappa shape index (κ1) is 17.9. The molecule has 0 atom stereocenters. The molecular weight excluding hydrogens is 376 g/mol. The van der Waals surface area contributed by atoms with Gasteiger partial charge in [0.2, 0.25) is 11.9 Å². The van der Waals surface area contributed by atoms with Gasteiger partial charge < -0.3 is 14.5 Å². The first-order valence-electron chi connectivity index (χ1n) is 8.73. The molecule has 2 N–H and O–H groups in total. The van der Waals surface area contributed by atoms with E-state index in [1.807, 2.05) is 54.8 Å². The quantitative estimate of drug-likeness (QED) is 0.455. The zero-order chi connectivity index (χ0) is 19.2. The lowest BCUT2D eigenvalue weighted by Crippen LogP contribution is -2.09. The molecular formula is C19H18N6O2S. The number of nitrogens with one attached hydrogen (secondary N) is 2. The Balaban J connectivity index is 1.52. The maximum Gasteiger partial charge on any atom is 0.323 e. The van der Waals surface area contributed by atoms with Gasteiger partial charge in [0.05, 0.1) is 25.1 Å². The van der Waals surface area contributed by atoms with Crippen LogP contribution < -0.4 is 15.4 Å². The van der Waals surface area contributed by atoms with E-state index >= 15 is 0 Å². The van der Waals surface area contributed by atoms with Gasteiger partial charge in [-0.2, -0.15) is 15.0 Å². The smallest absolute Gasteiger partial charge is 0.323 e. The van der Waals surface area contributed by atoms with Crippen molar-refractivity contribution in [2.24, 2.45) is 0 Å². The maximum atomic E-state index is 5.45. The maximum absolute atomic E-state index is 5.45. The highest BCUT2D eigenvalue weighted by Crippen LogP contribution is 2.26. The lowest BCUT2D eigenvalue weighted by Gasteiger charge is -2.08. The molecule has 28 heavy (non-hydrogen) atoms. The minimum absolute atomic E-state index is 0.238. The number of thiazole rings is 1. The van der Waals surface area contributed by atoms with Crippen LogP contribution in [0.5, 0.6) is 6.01 Å². The summed E-state index contributed by atoms with van der Waals surface area (Å²) in [4.78, 5) is 17.5. The van der Waals surface area contributed by atoms with E-state index in [4.69, 9.17) is 9.15 Å². The lowest BCUT2D eigenvalue weighted by molar-refractivity contribution is 0.312. The van der Waals surface area contributed by atoms with Gasteiger partial charge in [0, 0.05) is 10.9 Å². The van der Waals surface area contributed by atoms with E-state index in [2.05, 4.69) is 30.6 Å². The molecule has 0 aliphatic heterocycles.